The van der Waals surface area contributed by atoms with Crippen LogP contribution in [0.2, 0.25) is 5.02 Å². The summed E-state index contributed by atoms with van der Waals surface area (Å²) in [6, 6.07) is 20.6. The van der Waals surface area contributed by atoms with Crippen LogP contribution < -0.4 is 14.4 Å². The number of amides is 1. The van der Waals surface area contributed by atoms with Crippen molar-refractivity contribution in [3.63, 3.8) is 0 Å². The van der Waals surface area contributed by atoms with Gasteiger partial charge in [-0.2, -0.15) is 0 Å². The van der Waals surface area contributed by atoms with Crippen molar-refractivity contribution in [1.82, 2.24) is 5.32 Å². The Morgan fingerprint density at radius 3 is 2.36 bits per heavy atom. The maximum atomic E-state index is 13.3. The maximum absolute atomic E-state index is 13.3. The molecule has 0 aliphatic rings. The minimum atomic E-state index is -3.98. The molecular weight excluding hydrogens is 460 g/mol. The standard InChI is InChI=1S/C25H27ClN2O4S/c1-3-20-9-11-23(12-10-20)32-16-15-27-25(29)18-28(22-6-4-5-21(26)17-22)33(30,31)24-13-7-19(2)8-14-24/h4-14,17H,3,15-16,18H2,1-2H3,(H,27,29). The van der Waals surface area contributed by atoms with Crippen molar-refractivity contribution in [3.8, 4) is 5.75 Å². The number of sulfonamides is 1. The number of hydrogen-bond donors (Lipinski definition) is 1. The van der Waals surface area contributed by atoms with Gasteiger partial charge in [0.15, 0.2) is 0 Å². The lowest BCUT2D eigenvalue weighted by Gasteiger charge is -2.24. The number of aryl methyl sites for hydroxylation is 2. The van der Waals surface area contributed by atoms with Crippen molar-refractivity contribution < 1.29 is 17.9 Å². The lowest BCUT2D eigenvalue weighted by Crippen LogP contribution is -2.41. The summed E-state index contributed by atoms with van der Waals surface area (Å²) in [6.07, 6.45) is 0.949. The molecule has 1 amide bonds. The van der Waals surface area contributed by atoms with Gasteiger partial charge in [-0.1, -0.05) is 54.4 Å². The van der Waals surface area contributed by atoms with E-state index in [9.17, 15) is 13.2 Å². The van der Waals surface area contributed by atoms with Crippen LogP contribution in [-0.4, -0.2) is 34.0 Å². The van der Waals surface area contributed by atoms with Crippen LogP contribution in [0.1, 0.15) is 18.1 Å². The normalized spacial score (nSPS) is 11.1. The molecule has 0 saturated carbocycles. The second kappa shape index (κ2) is 11.2. The Morgan fingerprint density at radius 1 is 1.03 bits per heavy atom. The first-order chi connectivity index (χ1) is 15.8. The second-order valence-electron chi connectivity index (χ2n) is 7.50. The molecule has 0 bridgehead atoms. The summed E-state index contributed by atoms with van der Waals surface area (Å²) in [6.45, 7) is 4.07. The Kier molecular flexibility index (Phi) is 8.36. The highest BCUT2D eigenvalue weighted by molar-refractivity contribution is 7.92. The third-order valence-corrected chi connectivity index (χ3v) is 7.04. The fourth-order valence-corrected chi connectivity index (χ4v) is 4.75. The second-order valence-corrected chi connectivity index (χ2v) is 9.80. The molecule has 174 valence electrons. The van der Waals surface area contributed by atoms with Crippen molar-refractivity contribution in [2.24, 2.45) is 0 Å². The van der Waals surface area contributed by atoms with Gasteiger partial charge < -0.3 is 10.1 Å². The van der Waals surface area contributed by atoms with Gasteiger partial charge in [-0.05, 0) is 61.4 Å². The summed E-state index contributed by atoms with van der Waals surface area (Å²) in [4.78, 5) is 12.7. The van der Waals surface area contributed by atoms with E-state index in [1.807, 2.05) is 31.2 Å². The van der Waals surface area contributed by atoms with Crippen LogP contribution in [0.15, 0.2) is 77.7 Å². The quantitative estimate of drug-likeness (QED) is 0.425. The van der Waals surface area contributed by atoms with Gasteiger partial charge in [0.2, 0.25) is 5.91 Å². The van der Waals surface area contributed by atoms with E-state index in [1.54, 1.807) is 30.3 Å². The molecule has 8 heteroatoms. The zero-order valence-electron chi connectivity index (χ0n) is 18.6. The molecule has 0 aliphatic carbocycles. The van der Waals surface area contributed by atoms with Gasteiger partial charge >= 0.3 is 0 Å². The minimum absolute atomic E-state index is 0.0970. The molecule has 0 atom stereocenters. The summed E-state index contributed by atoms with van der Waals surface area (Å²) < 4.78 is 33.4. The summed E-state index contributed by atoms with van der Waals surface area (Å²) in [5.41, 5.74) is 2.46. The molecule has 0 radical (unpaired) electrons. The van der Waals surface area contributed by atoms with Crippen LogP contribution in [0.25, 0.3) is 0 Å². The monoisotopic (exact) mass is 486 g/mol. The Hall–Kier alpha value is -3.03. The highest BCUT2D eigenvalue weighted by atomic mass is 35.5. The Labute approximate surface area is 200 Å². The van der Waals surface area contributed by atoms with Gasteiger partial charge in [-0.25, -0.2) is 8.42 Å². The van der Waals surface area contributed by atoms with Gasteiger partial charge in [-0.3, -0.25) is 9.10 Å². The number of benzene rings is 3. The van der Waals surface area contributed by atoms with Crippen molar-refractivity contribution in [2.75, 3.05) is 24.0 Å². The zero-order chi connectivity index (χ0) is 23.8. The molecule has 0 unspecified atom stereocenters. The molecule has 1 N–H and O–H groups in total. The average molecular weight is 487 g/mol. The molecule has 0 aliphatic heterocycles. The molecule has 33 heavy (non-hydrogen) atoms. The summed E-state index contributed by atoms with van der Waals surface area (Å²) in [5, 5.41) is 3.09. The third-order valence-electron chi connectivity index (χ3n) is 5.02. The number of halogens is 1. The Bertz CT molecular complexity index is 1180. The number of carbonyl (C=O) groups excluding carboxylic acids is 1. The van der Waals surface area contributed by atoms with Crippen molar-refractivity contribution in [2.45, 2.75) is 25.2 Å². The molecule has 0 aromatic heterocycles. The summed E-state index contributed by atoms with van der Waals surface area (Å²) in [5.74, 6) is 0.263. The predicted octanol–water partition coefficient (Wildman–Crippen LogP) is 4.60. The first-order valence-electron chi connectivity index (χ1n) is 10.6. The first-order valence-corrected chi connectivity index (χ1v) is 12.4. The Balaban J connectivity index is 1.68. The van der Waals surface area contributed by atoms with Crippen LogP contribution in [0.3, 0.4) is 0 Å². The van der Waals surface area contributed by atoms with Crippen LogP contribution in [-0.2, 0) is 21.2 Å². The first kappa shape index (κ1) is 24.6. The van der Waals surface area contributed by atoms with E-state index in [1.165, 1.54) is 23.8 Å². The van der Waals surface area contributed by atoms with E-state index in [0.717, 1.165) is 16.3 Å². The fourth-order valence-electron chi connectivity index (χ4n) is 3.15. The SMILES string of the molecule is CCc1ccc(OCCNC(=O)CN(c2cccc(Cl)c2)S(=O)(=O)c2ccc(C)cc2)cc1. The molecule has 0 heterocycles. The van der Waals surface area contributed by atoms with Crippen LogP contribution in [0.4, 0.5) is 5.69 Å². The van der Waals surface area contributed by atoms with Crippen molar-refractivity contribution in [1.29, 1.82) is 0 Å². The van der Waals surface area contributed by atoms with Crippen molar-refractivity contribution in [3.05, 3.63) is 88.9 Å². The lowest BCUT2D eigenvalue weighted by atomic mass is 10.2. The highest BCUT2D eigenvalue weighted by Crippen LogP contribution is 2.26. The van der Waals surface area contributed by atoms with Crippen LogP contribution >= 0.6 is 11.6 Å². The predicted molar refractivity (Wildman–Crippen MR) is 131 cm³/mol. The molecule has 3 aromatic rings. The van der Waals surface area contributed by atoms with E-state index in [2.05, 4.69) is 12.2 Å². The molecule has 0 fully saturated rings. The largest absolute Gasteiger partial charge is 0.492 e. The minimum Gasteiger partial charge on any atom is -0.492 e. The number of carbonyl (C=O) groups is 1. The molecule has 3 rings (SSSR count). The van der Waals surface area contributed by atoms with E-state index in [-0.39, 0.29) is 24.6 Å². The van der Waals surface area contributed by atoms with Gasteiger partial charge in [0.1, 0.15) is 18.9 Å². The van der Waals surface area contributed by atoms with Crippen LogP contribution in [0, 0.1) is 6.92 Å². The summed E-state index contributed by atoms with van der Waals surface area (Å²) >= 11 is 6.08. The van der Waals surface area contributed by atoms with E-state index in [4.69, 9.17) is 16.3 Å². The molecular formula is C25H27ClN2O4S. The number of rotatable bonds is 10. The molecule has 3 aromatic carbocycles. The van der Waals surface area contributed by atoms with Crippen LogP contribution in [0.5, 0.6) is 5.75 Å². The summed E-state index contributed by atoms with van der Waals surface area (Å²) in [7, 11) is -3.98. The number of ether oxygens (including phenoxy) is 1. The molecule has 6 nitrogen and oxygen atoms in total. The molecule has 0 saturated heterocycles. The number of nitrogens with zero attached hydrogens (tertiary/aromatic N) is 1. The number of nitrogens with one attached hydrogen (secondary N) is 1. The van der Waals surface area contributed by atoms with Gasteiger partial charge in [0.25, 0.3) is 10.0 Å². The van der Waals surface area contributed by atoms with E-state index in [0.29, 0.717) is 16.5 Å². The van der Waals surface area contributed by atoms with Gasteiger partial charge in [0, 0.05) is 5.02 Å². The topological polar surface area (TPSA) is 75.7 Å². The number of hydrogen-bond acceptors (Lipinski definition) is 4. The smallest absolute Gasteiger partial charge is 0.264 e. The highest BCUT2D eigenvalue weighted by Gasteiger charge is 2.27. The van der Waals surface area contributed by atoms with E-state index < -0.39 is 15.9 Å². The molecule has 0 spiro atoms. The lowest BCUT2D eigenvalue weighted by molar-refractivity contribution is -0.119. The average Bonchev–Trinajstić information content (AvgIpc) is 2.81. The number of anilines is 1. The fraction of sp³-hybridized carbons (Fsp3) is 0.240. The maximum Gasteiger partial charge on any atom is 0.264 e. The van der Waals surface area contributed by atoms with E-state index >= 15 is 0 Å². The zero-order valence-corrected chi connectivity index (χ0v) is 20.2. The Morgan fingerprint density at radius 2 is 1.73 bits per heavy atom. The van der Waals surface area contributed by atoms with Gasteiger partial charge in [0.05, 0.1) is 17.1 Å². The third kappa shape index (κ3) is 6.73. The van der Waals surface area contributed by atoms with Crippen molar-refractivity contribution >= 4 is 33.2 Å². The van der Waals surface area contributed by atoms with Gasteiger partial charge in [-0.15, -0.1) is 0 Å².